The SMILES string of the molecule is CN(CC1CCCCC1)C(=O)C1CCN(S(=O)(=O)c2ccccc2C(F)(F)F)CC1. The first kappa shape index (κ1) is 23.1. The standard InChI is InChI=1S/C21H29F3N2O3S/c1-25(15-16-7-3-2-4-8-16)20(27)17-11-13-26(14-12-17)30(28,29)19-10-6-5-9-18(19)21(22,23)24/h5-6,9-10,16-17H,2-4,7-8,11-15H2,1H3. The summed E-state index contributed by atoms with van der Waals surface area (Å²) in [7, 11) is -2.49. The van der Waals surface area contributed by atoms with E-state index >= 15 is 0 Å². The molecular formula is C21H29F3N2O3S. The van der Waals surface area contributed by atoms with E-state index in [1.54, 1.807) is 11.9 Å². The molecule has 0 N–H and O–H groups in total. The summed E-state index contributed by atoms with van der Waals surface area (Å²) in [5.41, 5.74) is -1.16. The Morgan fingerprint density at radius 2 is 1.67 bits per heavy atom. The zero-order chi connectivity index (χ0) is 21.9. The van der Waals surface area contributed by atoms with Crippen molar-refractivity contribution in [2.45, 2.75) is 56.0 Å². The summed E-state index contributed by atoms with van der Waals surface area (Å²) in [6, 6.07) is 4.24. The van der Waals surface area contributed by atoms with Crippen LogP contribution in [-0.4, -0.2) is 50.2 Å². The lowest BCUT2D eigenvalue weighted by atomic mass is 9.88. The second kappa shape index (κ2) is 9.26. The minimum absolute atomic E-state index is 0.00770. The quantitative estimate of drug-likeness (QED) is 0.683. The van der Waals surface area contributed by atoms with E-state index in [1.165, 1.54) is 31.4 Å². The number of hydrogen-bond donors (Lipinski definition) is 0. The minimum Gasteiger partial charge on any atom is -0.345 e. The van der Waals surface area contributed by atoms with Gasteiger partial charge < -0.3 is 4.90 Å². The maximum absolute atomic E-state index is 13.3. The number of nitrogens with zero attached hydrogens (tertiary/aromatic N) is 2. The number of alkyl halides is 3. The van der Waals surface area contributed by atoms with Gasteiger partial charge >= 0.3 is 6.18 Å². The van der Waals surface area contributed by atoms with Gasteiger partial charge in [0.1, 0.15) is 0 Å². The zero-order valence-electron chi connectivity index (χ0n) is 17.2. The number of carbonyl (C=O) groups excluding carboxylic acids is 1. The number of halogens is 3. The molecule has 9 heteroatoms. The maximum atomic E-state index is 13.3. The van der Waals surface area contributed by atoms with Gasteiger partial charge in [-0.15, -0.1) is 0 Å². The first-order valence-electron chi connectivity index (χ1n) is 10.5. The fourth-order valence-corrected chi connectivity index (χ4v) is 6.25. The van der Waals surface area contributed by atoms with Crippen molar-refractivity contribution >= 4 is 15.9 Å². The van der Waals surface area contributed by atoms with Crippen molar-refractivity contribution in [1.82, 2.24) is 9.21 Å². The molecule has 1 heterocycles. The Balaban J connectivity index is 1.63. The third-order valence-electron chi connectivity index (χ3n) is 6.25. The molecule has 0 unspecified atom stereocenters. The molecule has 2 aliphatic rings. The number of piperidine rings is 1. The average Bonchev–Trinajstić information content (AvgIpc) is 2.73. The van der Waals surface area contributed by atoms with Crippen LogP contribution in [-0.2, 0) is 21.0 Å². The molecule has 1 saturated carbocycles. The van der Waals surface area contributed by atoms with E-state index in [9.17, 15) is 26.4 Å². The van der Waals surface area contributed by atoms with Gasteiger partial charge in [-0.05, 0) is 43.7 Å². The lowest BCUT2D eigenvalue weighted by Gasteiger charge is -2.34. The first-order valence-corrected chi connectivity index (χ1v) is 12.0. The van der Waals surface area contributed by atoms with Crippen molar-refractivity contribution in [3.05, 3.63) is 29.8 Å². The van der Waals surface area contributed by atoms with Gasteiger partial charge in [-0.25, -0.2) is 8.42 Å². The molecule has 0 spiro atoms. The van der Waals surface area contributed by atoms with Gasteiger partial charge in [-0.2, -0.15) is 17.5 Å². The molecule has 1 aliphatic carbocycles. The van der Waals surface area contributed by atoms with Crippen molar-refractivity contribution in [2.24, 2.45) is 11.8 Å². The molecule has 5 nitrogen and oxygen atoms in total. The molecule has 168 valence electrons. The van der Waals surface area contributed by atoms with Crippen LogP contribution in [0.4, 0.5) is 13.2 Å². The van der Waals surface area contributed by atoms with Crippen LogP contribution in [0.15, 0.2) is 29.2 Å². The molecule has 30 heavy (non-hydrogen) atoms. The number of benzene rings is 1. The van der Waals surface area contributed by atoms with Crippen LogP contribution in [0.5, 0.6) is 0 Å². The van der Waals surface area contributed by atoms with Crippen LogP contribution < -0.4 is 0 Å². The Bertz CT molecular complexity index is 843. The van der Waals surface area contributed by atoms with E-state index in [-0.39, 0.29) is 24.9 Å². The van der Waals surface area contributed by atoms with E-state index < -0.39 is 26.7 Å². The van der Waals surface area contributed by atoms with Crippen molar-refractivity contribution in [2.75, 3.05) is 26.7 Å². The molecule has 0 aromatic heterocycles. The van der Waals surface area contributed by atoms with Gasteiger partial charge in [0.25, 0.3) is 0 Å². The van der Waals surface area contributed by atoms with Crippen LogP contribution in [0.3, 0.4) is 0 Å². The fourth-order valence-electron chi connectivity index (χ4n) is 4.57. The molecule has 1 aromatic carbocycles. The van der Waals surface area contributed by atoms with Crippen molar-refractivity contribution in [3.63, 3.8) is 0 Å². The molecule has 1 aliphatic heterocycles. The molecular weight excluding hydrogens is 417 g/mol. The monoisotopic (exact) mass is 446 g/mol. The van der Waals surface area contributed by atoms with Gasteiger partial charge in [0.15, 0.2) is 0 Å². The van der Waals surface area contributed by atoms with Gasteiger partial charge in [0.05, 0.1) is 10.5 Å². The van der Waals surface area contributed by atoms with Crippen LogP contribution in [0.1, 0.15) is 50.5 Å². The highest BCUT2D eigenvalue weighted by atomic mass is 32.2. The van der Waals surface area contributed by atoms with Crippen LogP contribution >= 0.6 is 0 Å². The highest BCUT2D eigenvalue weighted by Gasteiger charge is 2.40. The Morgan fingerprint density at radius 1 is 1.07 bits per heavy atom. The molecule has 1 saturated heterocycles. The van der Waals surface area contributed by atoms with E-state index in [0.29, 0.717) is 18.8 Å². The average molecular weight is 447 g/mol. The lowest BCUT2D eigenvalue weighted by molar-refractivity contribution is -0.140. The van der Waals surface area contributed by atoms with Crippen molar-refractivity contribution in [1.29, 1.82) is 0 Å². The Hall–Kier alpha value is -1.61. The highest BCUT2D eigenvalue weighted by molar-refractivity contribution is 7.89. The Kier molecular flexibility index (Phi) is 7.12. The predicted molar refractivity (Wildman–Crippen MR) is 107 cm³/mol. The van der Waals surface area contributed by atoms with Crippen molar-refractivity contribution < 1.29 is 26.4 Å². The molecule has 0 radical (unpaired) electrons. The van der Waals surface area contributed by atoms with Crippen LogP contribution in [0.2, 0.25) is 0 Å². The van der Waals surface area contributed by atoms with E-state index in [2.05, 4.69) is 0 Å². The van der Waals surface area contributed by atoms with Crippen LogP contribution in [0.25, 0.3) is 0 Å². The Labute approximate surface area is 176 Å². The summed E-state index contributed by atoms with van der Waals surface area (Å²) in [5, 5.41) is 0. The Morgan fingerprint density at radius 3 is 2.27 bits per heavy atom. The summed E-state index contributed by atoms with van der Waals surface area (Å²) in [4.78, 5) is 13.8. The van der Waals surface area contributed by atoms with Gasteiger partial charge in [0, 0.05) is 32.6 Å². The smallest absolute Gasteiger partial charge is 0.345 e. The fraction of sp³-hybridized carbons (Fsp3) is 0.667. The second-order valence-corrected chi connectivity index (χ2v) is 10.3. The van der Waals surface area contributed by atoms with Crippen molar-refractivity contribution in [3.8, 4) is 0 Å². The first-order chi connectivity index (χ1) is 14.1. The van der Waals surface area contributed by atoms with Gasteiger partial charge in [0.2, 0.25) is 15.9 Å². The molecule has 1 aromatic rings. The molecule has 2 fully saturated rings. The number of hydrogen-bond acceptors (Lipinski definition) is 3. The molecule has 1 amide bonds. The zero-order valence-corrected chi connectivity index (χ0v) is 18.0. The minimum atomic E-state index is -4.75. The normalized spacial score (nSPS) is 20.3. The summed E-state index contributed by atoms with van der Waals surface area (Å²) in [6.45, 7) is 0.806. The largest absolute Gasteiger partial charge is 0.417 e. The second-order valence-electron chi connectivity index (χ2n) is 8.40. The van der Waals surface area contributed by atoms with Crippen LogP contribution in [0, 0.1) is 11.8 Å². The summed E-state index contributed by atoms with van der Waals surface area (Å²) in [5.74, 6) is 0.239. The third-order valence-corrected chi connectivity index (χ3v) is 8.20. The molecule has 0 atom stereocenters. The van der Waals surface area contributed by atoms with E-state index in [4.69, 9.17) is 0 Å². The number of amides is 1. The number of rotatable bonds is 5. The van der Waals surface area contributed by atoms with Gasteiger partial charge in [-0.1, -0.05) is 31.4 Å². The maximum Gasteiger partial charge on any atom is 0.417 e. The predicted octanol–water partition coefficient (Wildman–Crippen LogP) is 4.14. The summed E-state index contributed by atoms with van der Waals surface area (Å²) in [6.07, 6.45) is 1.80. The molecule has 0 bridgehead atoms. The van der Waals surface area contributed by atoms with Gasteiger partial charge in [-0.3, -0.25) is 4.79 Å². The summed E-state index contributed by atoms with van der Waals surface area (Å²) >= 11 is 0. The third kappa shape index (κ3) is 5.17. The summed E-state index contributed by atoms with van der Waals surface area (Å²) < 4.78 is 66.6. The lowest BCUT2D eigenvalue weighted by Crippen LogP contribution is -2.44. The number of sulfonamides is 1. The highest BCUT2D eigenvalue weighted by Crippen LogP contribution is 2.36. The van der Waals surface area contributed by atoms with E-state index in [0.717, 1.165) is 35.8 Å². The topological polar surface area (TPSA) is 57.7 Å². The molecule has 3 rings (SSSR count). The number of carbonyl (C=O) groups is 1. The van der Waals surface area contributed by atoms with E-state index in [1.807, 2.05) is 0 Å².